The van der Waals surface area contributed by atoms with Gasteiger partial charge in [-0.3, -0.25) is 0 Å². The summed E-state index contributed by atoms with van der Waals surface area (Å²) in [6.45, 7) is 9.38. The molecule has 0 aromatic heterocycles. The predicted octanol–water partition coefficient (Wildman–Crippen LogP) is 4.35. The van der Waals surface area contributed by atoms with Crippen molar-refractivity contribution >= 4 is 12.2 Å². The smallest absolute Gasteiger partial charge is 0.0905 e. The molecular weight excluding hydrogens is 227 g/mol. The highest BCUT2D eigenvalue weighted by atomic mass is 14.1. The summed E-state index contributed by atoms with van der Waals surface area (Å²) in [5.41, 5.74) is 5.76. The third-order valence-electron chi connectivity index (χ3n) is 3.43. The first-order valence-corrected chi connectivity index (χ1v) is 7.18. The highest BCUT2D eigenvalue weighted by Gasteiger charge is 2.27. The molecule has 0 nitrogen and oxygen atoms in total. The van der Waals surface area contributed by atoms with E-state index in [9.17, 15) is 0 Å². The molecule has 98 valence electrons. The molecule has 19 heavy (non-hydrogen) atoms. The highest BCUT2D eigenvalue weighted by Crippen LogP contribution is 2.25. The molecule has 1 aliphatic rings. The van der Waals surface area contributed by atoms with Crippen molar-refractivity contribution in [3.8, 4) is 0 Å². The fraction of sp³-hybridized carbons (Fsp3) is 0.333. The third-order valence-corrected chi connectivity index (χ3v) is 3.43. The van der Waals surface area contributed by atoms with E-state index in [1.165, 1.54) is 22.9 Å². The van der Waals surface area contributed by atoms with Gasteiger partial charge in [0.2, 0.25) is 6.71 Å². The van der Waals surface area contributed by atoms with Crippen LogP contribution in [0.25, 0.3) is 0 Å². The highest BCUT2D eigenvalue weighted by molar-refractivity contribution is 6.87. The van der Waals surface area contributed by atoms with E-state index in [-0.39, 0.29) is 0 Å². The first kappa shape index (κ1) is 13.9. The largest absolute Gasteiger partial charge is 0.237 e. The molecule has 1 aromatic rings. The Bertz CT molecular complexity index is 514. The van der Waals surface area contributed by atoms with Crippen molar-refractivity contribution in [1.29, 1.82) is 0 Å². The van der Waals surface area contributed by atoms with Crippen molar-refractivity contribution in [2.24, 2.45) is 5.92 Å². The fourth-order valence-electron chi connectivity index (χ4n) is 2.78. The van der Waals surface area contributed by atoms with Crippen LogP contribution < -0.4 is 5.46 Å². The van der Waals surface area contributed by atoms with Gasteiger partial charge in [0.1, 0.15) is 0 Å². The molecule has 1 heterocycles. The molecule has 0 bridgehead atoms. The van der Waals surface area contributed by atoms with Crippen LogP contribution in [0.3, 0.4) is 0 Å². The summed E-state index contributed by atoms with van der Waals surface area (Å²) in [5, 5.41) is 0. The molecule has 0 spiro atoms. The van der Waals surface area contributed by atoms with Gasteiger partial charge < -0.3 is 0 Å². The van der Waals surface area contributed by atoms with Gasteiger partial charge in [0.15, 0.2) is 0 Å². The lowest BCUT2D eigenvalue weighted by atomic mass is 9.36. The SMILES string of the molecule is CC(C)=CC1=CC=C(CC(C)C)B1c1ccccc1. The van der Waals surface area contributed by atoms with Gasteiger partial charge in [0.05, 0.1) is 0 Å². The van der Waals surface area contributed by atoms with Gasteiger partial charge in [-0.25, -0.2) is 0 Å². The van der Waals surface area contributed by atoms with Crippen LogP contribution in [0.15, 0.2) is 65.1 Å². The number of rotatable bonds is 4. The molecule has 0 saturated carbocycles. The predicted molar refractivity (Wildman–Crippen MR) is 86.9 cm³/mol. The second-order valence-corrected chi connectivity index (χ2v) is 6.07. The van der Waals surface area contributed by atoms with Crippen molar-refractivity contribution in [3.63, 3.8) is 0 Å². The Morgan fingerprint density at radius 3 is 2.37 bits per heavy atom. The van der Waals surface area contributed by atoms with Gasteiger partial charge in [-0.1, -0.05) is 84.4 Å². The van der Waals surface area contributed by atoms with E-state index in [1.807, 2.05) is 0 Å². The van der Waals surface area contributed by atoms with Crippen LogP contribution in [0.1, 0.15) is 34.1 Å². The molecule has 0 N–H and O–H groups in total. The minimum absolute atomic E-state index is 0.457. The van der Waals surface area contributed by atoms with Crippen molar-refractivity contribution in [2.45, 2.75) is 34.1 Å². The maximum atomic E-state index is 2.33. The average Bonchev–Trinajstić information content (AvgIpc) is 2.71. The second kappa shape index (κ2) is 6.10. The first-order chi connectivity index (χ1) is 9.08. The summed E-state index contributed by atoms with van der Waals surface area (Å²) in [6.07, 6.45) is 8.12. The molecule has 0 fully saturated rings. The van der Waals surface area contributed by atoms with Crippen LogP contribution in [0.4, 0.5) is 0 Å². The summed E-state index contributed by atoms with van der Waals surface area (Å²) in [7, 11) is 0. The van der Waals surface area contributed by atoms with Crippen LogP contribution in [0.2, 0.25) is 0 Å². The maximum absolute atomic E-state index is 2.33. The fourth-order valence-corrected chi connectivity index (χ4v) is 2.78. The zero-order valence-electron chi connectivity index (χ0n) is 12.5. The lowest BCUT2D eigenvalue weighted by molar-refractivity contribution is 0.656. The molecule has 0 unspecified atom stereocenters. The summed E-state index contributed by atoms with van der Waals surface area (Å²) in [4.78, 5) is 0. The minimum Gasteiger partial charge on any atom is -0.0905 e. The summed E-state index contributed by atoms with van der Waals surface area (Å²) < 4.78 is 0. The van der Waals surface area contributed by atoms with Crippen LogP contribution >= 0.6 is 0 Å². The van der Waals surface area contributed by atoms with Gasteiger partial charge in [0.25, 0.3) is 0 Å². The van der Waals surface area contributed by atoms with Crippen molar-refractivity contribution in [1.82, 2.24) is 0 Å². The molecule has 1 aromatic carbocycles. The zero-order valence-corrected chi connectivity index (χ0v) is 12.5. The maximum Gasteiger partial charge on any atom is 0.237 e. The average molecular weight is 250 g/mol. The van der Waals surface area contributed by atoms with Gasteiger partial charge in [-0.05, 0) is 26.2 Å². The van der Waals surface area contributed by atoms with Gasteiger partial charge in [0, 0.05) is 0 Å². The lowest BCUT2D eigenvalue weighted by Crippen LogP contribution is -2.33. The molecule has 1 heteroatoms. The number of benzene rings is 1. The van der Waals surface area contributed by atoms with E-state index in [1.54, 1.807) is 5.47 Å². The molecule has 0 saturated heterocycles. The third kappa shape index (κ3) is 3.50. The van der Waals surface area contributed by atoms with E-state index in [0.717, 1.165) is 0 Å². The van der Waals surface area contributed by atoms with Crippen LogP contribution in [-0.4, -0.2) is 6.71 Å². The monoisotopic (exact) mass is 250 g/mol. The Morgan fingerprint density at radius 1 is 1.11 bits per heavy atom. The van der Waals surface area contributed by atoms with E-state index in [4.69, 9.17) is 0 Å². The topological polar surface area (TPSA) is 0 Å². The Kier molecular flexibility index (Phi) is 4.47. The molecular formula is C18H23B. The second-order valence-electron chi connectivity index (χ2n) is 6.07. The normalized spacial score (nSPS) is 14.5. The van der Waals surface area contributed by atoms with E-state index in [0.29, 0.717) is 12.6 Å². The van der Waals surface area contributed by atoms with E-state index in [2.05, 4.69) is 76.3 Å². The Morgan fingerprint density at radius 2 is 1.79 bits per heavy atom. The van der Waals surface area contributed by atoms with E-state index < -0.39 is 0 Å². The molecule has 1 aliphatic heterocycles. The summed E-state index contributed by atoms with van der Waals surface area (Å²) >= 11 is 0. The van der Waals surface area contributed by atoms with Gasteiger partial charge in [-0.2, -0.15) is 0 Å². The Labute approximate surface area is 118 Å². The molecule has 0 aliphatic carbocycles. The molecule has 0 radical (unpaired) electrons. The summed E-state index contributed by atoms with van der Waals surface area (Å²) in [5.74, 6) is 0.705. The number of hydrogen-bond acceptors (Lipinski definition) is 0. The Hall–Kier alpha value is -1.50. The van der Waals surface area contributed by atoms with Crippen LogP contribution in [0, 0.1) is 5.92 Å². The Balaban J connectivity index is 2.33. The van der Waals surface area contributed by atoms with Crippen LogP contribution in [0.5, 0.6) is 0 Å². The lowest BCUT2D eigenvalue weighted by Gasteiger charge is -2.17. The summed E-state index contributed by atoms with van der Waals surface area (Å²) in [6, 6.07) is 10.9. The standard InChI is InChI=1S/C18H23B/c1-14(2)12-17-10-11-18(13-15(3)4)19(17)16-8-6-5-7-9-16/h5-12,15H,13H2,1-4H3. The molecule has 0 amide bonds. The quantitative estimate of drug-likeness (QED) is 0.697. The zero-order chi connectivity index (χ0) is 13.8. The number of allylic oxidation sites excluding steroid dienone is 6. The van der Waals surface area contributed by atoms with Crippen molar-refractivity contribution < 1.29 is 0 Å². The minimum atomic E-state index is 0.457. The van der Waals surface area contributed by atoms with Crippen molar-refractivity contribution in [3.05, 3.63) is 65.1 Å². The molecule has 2 rings (SSSR count). The van der Waals surface area contributed by atoms with E-state index >= 15 is 0 Å². The number of hydrogen-bond donors (Lipinski definition) is 0. The van der Waals surface area contributed by atoms with Gasteiger partial charge in [-0.15, -0.1) is 0 Å². The van der Waals surface area contributed by atoms with Crippen LogP contribution in [-0.2, 0) is 0 Å². The van der Waals surface area contributed by atoms with Crippen molar-refractivity contribution in [2.75, 3.05) is 0 Å². The molecule has 0 atom stereocenters. The first-order valence-electron chi connectivity index (χ1n) is 7.18. The van der Waals surface area contributed by atoms with Gasteiger partial charge >= 0.3 is 0 Å².